The van der Waals surface area contributed by atoms with Crippen molar-refractivity contribution < 1.29 is 9.47 Å². The zero-order chi connectivity index (χ0) is 13.2. The van der Waals surface area contributed by atoms with Crippen LogP contribution >= 0.6 is 0 Å². The van der Waals surface area contributed by atoms with Crippen molar-refractivity contribution in [3.05, 3.63) is 17.5 Å². The van der Waals surface area contributed by atoms with Crippen LogP contribution < -0.4 is 5.32 Å². The van der Waals surface area contributed by atoms with Gasteiger partial charge in [0.05, 0.1) is 19.3 Å². The van der Waals surface area contributed by atoms with E-state index in [-0.39, 0.29) is 0 Å². The third-order valence-corrected chi connectivity index (χ3v) is 2.85. The highest BCUT2D eigenvalue weighted by atomic mass is 16.5. The number of aromatic nitrogens is 2. The van der Waals surface area contributed by atoms with Gasteiger partial charge in [0.15, 0.2) is 0 Å². The monoisotopic (exact) mass is 255 g/mol. The molecule has 1 aromatic heterocycles. The fourth-order valence-electron chi connectivity index (χ4n) is 1.70. The lowest BCUT2D eigenvalue weighted by molar-refractivity contribution is 0.0958. The maximum absolute atomic E-state index is 5.53. The zero-order valence-corrected chi connectivity index (χ0v) is 11.7. The Labute approximate surface area is 109 Å². The number of nitrogens with zero attached hydrogens (tertiary/aromatic N) is 2. The Hall–Kier alpha value is -0.910. The first-order valence-electron chi connectivity index (χ1n) is 6.58. The zero-order valence-electron chi connectivity index (χ0n) is 11.7. The minimum atomic E-state index is 0.701. The molecule has 5 nitrogen and oxygen atoms in total. The Kier molecular flexibility index (Phi) is 7.64. The molecule has 1 heterocycles. The SMILES string of the molecule is CCNCc1cnn(CCOCCCOC)c1C. The lowest BCUT2D eigenvalue weighted by atomic mass is 10.2. The first-order valence-corrected chi connectivity index (χ1v) is 6.58. The summed E-state index contributed by atoms with van der Waals surface area (Å²) in [6.45, 7) is 9.09. The standard InChI is InChI=1S/C13H25N3O2/c1-4-14-10-13-11-15-16(12(13)2)6-9-18-8-5-7-17-3/h11,14H,4-10H2,1-3H3. The summed E-state index contributed by atoms with van der Waals surface area (Å²) in [5.41, 5.74) is 2.48. The van der Waals surface area contributed by atoms with Crippen LogP contribution in [-0.2, 0) is 22.6 Å². The molecule has 0 spiro atoms. The van der Waals surface area contributed by atoms with Crippen LogP contribution in [0.5, 0.6) is 0 Å². The van der Waals surface area contributed by atoms with Gasteiger partial charge in [-0.3, -0.25) is 4.68 Å². The number of methoxy groups -OCH3 is 1. The van der Waals surface area contributed by atoms with Crippen molar-refractivity contribution in [3.8, 4) is 0 Å². The number of hydrogen-bond donors (Lipinski definition) is 1. The van der Waals surface area contributed by atoms with E-state index in [0.717, 1.165) is 39.3 Å². The van der Waals surface area contributed by atoms with E-state index in [1.165, 1.54) is 11.3 Å². The van der Waals surface area contributed by atoms with E-state index in [0.29, 0.717) is 6.61 Å². The van der Waals surface area contributed by atoms with Crippen molar-refractivity contribution in [1.82, 2.24) is 15.1 Å². The molecule has 5 heteroatoms. The molecular weight excluding hydrogens is 230 g/mol. The van der Waals surface area contributed by atoms with Crippen LogP contribution in [0.4, 0.5) is 0 Å². The van der Waals surface area contributed by atoms with E-state index in [2.05, 4.69) is 24.3 Å². The summed E-state index contributed by atoms with van der Waals surface area (Å²) in [5.74, 6) is 0. The second kappa shape index (κ2) is 9.08. The van der Waals surface area contributed by atoms with Gasteiger partial charge in [0.1, 0.15) is 0 Å². The predicted octanol–water partition coefficient (Wildman–Crippen LogP) is 1.35. The third kappa shape index (κ3) is 5.16. The largest absolute Gasteiger partial charge is 0.385 e. The maximum atomic E-state index is 5.53. The topological polar surface area (TPSA) is 48.3 Å². The Bertz CT molecular complexity index is 326. The fourth-order valence-corrected chi connectivity index (χ4v) is 1.70. The van der Waals surface area contributed by atoms with Gasteiger partial charge in [0, 0.05) is 38.1 Å². The minimum Gasteiger partial charge on any atom is -0.385 e. The average Bonchev–Trinajstić information content (AvgIpc) is 2.72. The maximum Gasteiger partial charge on any atom is 0.0662 e. The molecule has 104 valence electrons. The second-order valence-corrected chi connectivity index (χ2v) is 4.22. The normalized spacial score (nSPS) is 11.1. The summed E-state index contributed by atoms with van der Waals surface area (Å²) in [7, 11) is 1.71. The lowest BCUT2D eigenvalue weighted by Crippen LogP contribution is -2.13. The fraction of sp³-hybridized carbons (Fsp3) is 0.769. The first kappa shape index (κ1) is 15.1. The second-order valence-electron chi connectivity index (χ2n) is 4.22. The Morgan fingerprint density at radius 1 is 1.33 bits per heavy atom. The molecule has 0 atom stereocenters. The summed E-state index contributed by atoms with van der Waals surface area (Å²) in [6.07, 6.45) is 2.88. The van der Waals surface area contributed by atoms with E-state index >= 15 is 0 Å². The summed E-state index contributed by atoms with van der Waals surface area (Å²) >= 11 is 0. The Morgan fingerprint density at radius 2 is 2.17 bits per heavy atom. The van der Waals surface area contributed by atoms with E-state index in [4.69, 9.17) is 9.47 Å². The molecule has 1 aromatic rings. The molecule has 0 aliphatic rings. The molecule has 0 aliphatic carbocycles. The van der Waals surface area contributed by atoms with Gasteiger partial charge < -0.3 is 14.8 Å². The van der Waals surface area contributed by atoms with Gasteiger partial charge in [-0.2, -0.15) is 5.10 Å². The molecule has 0 bridgehead atoms. The van der Waals surface area contributed by atoms with Crippen molar-refractivity contribution in [3.63, 3.8) is 0 Å². The van der Waals surface area contributed by atoms with Gasteiger partial charge in [-0.25, -0.2) is 0 Å². The van der Waals surface area contributed by atoms with Crippen molar-refractivity contribution in [2.24, 2.45) is 0 Å². The Morgan fingerprint density at radius 3 is 2.89 bits per heavy atom. The third-order valence-electron chi connectivity index (χ3n) is 2.85. The highest BCUT2D eigenvalue weighted by Gasteiger charge is 2.05. The molecule has 0 radical (unpaired) electrons. The number of rotatable bonds is 10. The summed E-state index contributed by atoms with van der Waals surface area (Å²) in [4.78, 5) is 0. The van der Waals surface area contributed by atoms with Crippen molar-refractivity contribution in [2.45, 2.75) is 33.4 Å². The number of hydrogen-bond acceptors (Lipinski definition) is 4. The van der Waals surface area contributed by atoms with Crippen molar-refractivity contribution in [2.75, 3.05) is 33.5 Å². The summed E-state index contributed by atoms with van der Waals surface area (Å²) in [6, 6.07) is 0. The van der Waals surface area contributed by atoms with E-state index < -0.39 is 0 Å². The summed E-state index contributed by atoms with van der Waals surface area (Å²) < 4.78 is 12.5. The molecule has 1 rings (SSSR count). The smallest absolute Gasteiger partial charge is 0.0662 e. The van der Waals surface area contributed by atoms with E-state index in [1.54, 1.807) is 7.11 Å². The molecule has 0 amide bonds. The van der Waals surface area contributed by atoms with Gasteiger partial charge in [-0.15, -0.1) is 0 Å². The molecule has 0 unspecified atom stereocenters. The summed E-state index contributed by atoms with van der Waals surface area (Å²) in [5, 5.41) is 7.69. The number of ether oxygens (including phenoxy) is 2. The van der Waals surface area contributed by atoms with Gasteiger partial charge in [0.2, 0.25) is 0 Å². The molecular formula is C13H25N3O2. The first-order chi connectivity index (χ1) is 8.79. The molecule has 1 N–H and O–H groups in total. The van der Waals surface area contributed by atoms with Crippen LogP contribution in [0.3, 0.4) is 0 Å². The Balaban J connectivity index is 2.23. The van der Waals surface area contributed by atoms with Crippen LogP contribution in [-0.4, -0.2) is 43.3 Å². The van der Waals surface area contributed by atoms with Crippen molar-refractivity contribution in [1.29, 1.82) is 0 Å². The van der Waals surface area contributed by atoms with E-state index in [1.807, 2.05) is 10.9 Å². The van der Waals surface area contributed by atoms with Gasteiger partial charge in [-0.05, 0) is 19.9 Å². The lowest BCUT2D eigenvalue weighted by Gasteiger charge is -2.07. The van der Waals surface area contributed by atoms with Gasteiger partial charge >= 0.3 is 0 Å². The molecule has 0 aromatic carbocycles. The molecule has 0 saturated heterocycles. The van der Waals surface area contributed by atoms with Crippen LogP contribution in [0.25, 0.3) is 0 Å². The average molecular weight is 255 g/mol. The molecule has 0 fully saturated rings. The van der Waals surface area contributed by atoms with E-state index in [9.17, 15) is 0 Å². The molecule has 0 aliphatic heterocycles. The predicted molar refractivity (Wildman–Crippen MR) is 71.7 cm³/mol. The highest BCUT2D eigenvalue weighted by molar-refractivity contribution is 5.15. The van der Waals surface area contributed by atoms with Crippen LogP contribution in [0, 0.1) is 6.92 Å². The quantitative estimate of drug-likeness (QED) is 0.641. The molecule has 18 heavy (non-hydrogen) atoms. The number of nitrogens with one attached hydrogen (secondary N) is 1. The highest BCUT2D eigenvalue weighted by Crippen LogP contribution is 2.06. The minimum absolute atomic E-state index is 0.701. The van der Waals surface area contributed by atoms with Gasteiger partial charge in [-0.1, -0.05) is 6.92 Å². The van der Waals surface area contributed by atoms with Gasteiger partial charge in [0.25, 0.3) is 0 Å². The van der Waals surface area contributed by atoms with Crippen LogP contribution in [0.1, 0.15) is 24.6 Å². The molecule has 0 saturated carbocycles. The van der Waals surface area contributed by atoms with Crippen LogP contribution in [0.2, 0.25) is 0 Å². The van der Waals surface area contributed by atoms with Crippen molar-refractivity contribution >= 4 is 0 Å². The van der Waals surface area contributed by atoms with Crippen LogP contribution in [0.15, 0.2) is 6.20 Å².